The minimum absolute atomic E-state index is 0.0271. The van der Waals surface area contributed by atoms with Crippen LogP contribution < -0.4 is 10.2 Å². The second-order valence-electron chi connectivity index (χ2n) is 8.18. The number of hydrogen-bond acceptors (Lipinski definition) is 5. The molecule has 0 bridgehead atoms. The van der Waals surface area contributed by atoms with E-state index in [-0.39, 0.29) is 5.91 Å². The molecule has 1 fully saturated rings. The van der Waals surface area contributed by atoms with E-state index in [0.29, 0.717) is 18.8 Å². The summed E-state index contributed by atoms with van der Waals surface area (Å²) in [5.41, 5.74) is 3.91. The summed E-state index contributed by atoms with van der Waals surface area (Å²) in [5.74, 6) is 0.713. The zero-order valence-corrected chi connectivity index (χ0v) is 18.4. The van der Waals surface area contributed by atoms with Gasteiger partial charge in [-0.15, -0.1) is 0 Å². The van der Waals surface area contributed by atoms with Crippen molar-refractivity contribution in [2.45, 2.75) is 6.54 Å². The summed E-state index contributed by atoms with van der Waals surface area (Å²) < 4.78 is 7.51. The molecule has 0 spiro atoms. The van der Waals surface area contributed by atoms with E-state index in [9.17, 15) is 4.79 Å². The van der Waals surface area contributed by atoms with Crippen LogP contribution in [0.5, 0.6) is 0 Å². The number of anilines is 1. The van der Waals surface area contributed by atoms with Crippen LogP contribution in [0.4, 0.5) is 5.69 Å². The largest absolute Gasteiger partial charge is 0.462 e. The van der Waals surface area contributed by atoms with Crippen molar-refractivity contribution in [1.82, 2.24) is 20.0 Å². The fourth-order valence-electron chi connectivity index (χ4n) is 4.05. The number of nitrogens with one attached hydrogen (secondary N) is 1. The molecule has 0 saturated carbocycles. The zero-order valence-electron chi connectivity index (χ0n) is 18.4. The molecule has 0 atom stereocenters. The standard InChI is InChI=1S/C26H27N5O2/c32-26(19-29-13-15-30(16-14-29)22-7-3-1-4-8-22)27-18-21-17-25(33-20-21)24-11-12-31(28-24)23-9-5-2-6-10-23/h1-12,17,20H,13-16,18-19H2,(H,27,32). The number of aromatic nitrogens is 2. The number of amides is 1. The monoisotopic (exact) mass is 441 g/mol. The summed E-state index contributed by atoms with van der Waals surface area (Å²) in [4.78, 5) is 17.0. The number of furan rings is 1. The molecule has 0 aliphatic carbocycles. The number of carbonyl (C=O) groups excluding carboxylic acids is 1. The Bertz CT molecular complexity index is 1180. The Kier molecular flexibility index (Phi) is 6.21. The Morgan fingerprint density at radius 1 is 0.909 bits per heavy atom. The number of para-hydroxylation sites is 2. The molecule has 5 rings (SSSR count). The average molecular weight is 442 g/mol. The zero-order chi connectivity index (χ0) is 22.5. The Labute approximate surface area is 193 Å². The fraction of sp³-hybridized carbons (Fsp3) is 0.231. The minimum Gasteiger partial charge on any atom is -0.462 e. The molecule has 168 valence electrons. The summed E-state index contributed by atoms with van der Waals surface area (Å²) in [6, 6.07) is 24.2. The van der Waals surface area contributed by atoms with Gasteiger partial charge in [0.2, 0.25) is 5.91 Å². The van der Waals surface area contributed by atoms with E-state index in [1.54, 1.807) is 6.26 Å². The number of hydrogen-bond donors (Lipinski definition) is 1. The van der Waals surface area contributed by atoms with Gasteiger partial charge in [0.25, 0.3) is 0 Å². The predicted octanol–water partition coefficient (Wildman–Crippen LogP) is 3.57. The first kappa shape index (κ1) is 21.0. The number of piperazine rings is 1. The second kappa shape index (κ2) is 9.75. The second-order valence-corrected chi connectivity index (χ2v) is 8.18. The minimum atomic E-state index is 0.0271. The molecule has 2 aromatic heterocycles. The normalized spacial score (nSPS) is 14.4. The third-order valence-electron chi connectivity index (χ3n) is 5.87. The molecule has 3 heterocycles. The molecule has 0 radical (unpaired) electrons. The van der Waals surface area contributed by atoms with Gasteiger partial charge in [0.15, 0.2) is 5.76 Å². The third-order valence-corrected chi connectivity index (χ3v) is 5.87. The topological polar surface area (TPSA) is 66.5 Å². The van der Waals surface area contributed by atoms with E-state index >= 15 is 0 Å². The van der Waals surface area contributed by atoms with Gasteiger partial charge in [-0.2, -0.15) is 5.10 Å². The van der Waals surface area contributed by atoms with Crippen molar-refractivity contribution in [2.75, 3.05) is 37.6 Å². The lowest BCUT2D eigenvalue weighted by molar-refractivity contribution is -0.122. The third kappa shape index (κ3) is 5.15. The van der Waals surface area contributed by atoms with E-state index in [4.69, 9.17) is 4.42 Å². The number of benzene rings is 2. The summed E-state index contributed by atoms with van der Waals surface area (Å²) in [6.45, 7) is 4.46. The molecule has 2 aromatic carbocycles. The van der Waals surface area contributed by atoms with Gasteiger partial charge in [-0.25, -0.2) is 4.68 Å². The van der Waals surface area contributed by atoms with Gasteiger partial charge in [-0.3, -0.25) is 9.69 Å². The summed E-state index contributed by atoms with van der Waals surface area (Å²) >= 11 is 0. The van der Waals surface area contributed by atoms with Gasteiger partial charge in [-0.05, 0) is 36.4 Å². The summed E-state index contributed by atoms with van der Waals surface area (Å²) in [7, 11) is 0. The molecule has 1 aliphatic rings. The Balaban J connectivity index is 1.09. The first-order chi connectivity index (χ1) is 16.2. The van der Waals surface area contributed by atoms with Crippen LogP contribution in [0.1, 0.15) is 5.56 Å². The molecular formula is C26H27N5O2. The molecule has 1 saturated heterocycles. The lowest BCUT2D eigenvalue weighted by Crippen LogP contribution is -2.49. The molecule has 0 unspecified atom stereocenters. The molecular weight excluding hydrogens is 414 g/mol. The van der Waals surface area contributed by atoms with E-state index in [1.165, 1.54) is 5.69 Å². The average Bonchev–Trinajstić information content (AvgIpc) is 3.54. The van der Waals surface area contributed by atoms with Crippen molar-refractivity contribution < 1.29 is 9.21 Å². The van der Waals surface area contributed by atoms with Gasteiger partial charge in [0, 0.05) is 50.2 Å². The van der Waals surface area contributed by atoms with E-state index in [0.717, 1.165) is 43.1 Å². The van der Waals surface area contributed by atoms with Crippen LogP contribution >= 0.6 is 0 Å². The summed E-state index contributed by atoms with van der Waals surface area (Å²) in [5, 5.41) is 7.59. The Hall–Kier alpha value is -3.84. The van der Waals surface area contributed by atoms with Crippen LogP contribution in [-0.4, -0.2) is 53.3 Å². The predicted molar refractivity (Wildman–Crippen MR) is 128 cm³/mol. The van der Waals surface area contributed by atoms with Gasteiger partial charge < -0.3 is 14.6 Å². The molecule has 1 N–H and O–H groups in total. The molecule has 7 heteroatoms. The van der Waals surface area contributed by atoms with E-state index in [2.05, 4.69) is 44.5 Å². The van der Waals surface area contributed by atoms with Crippen LogP contribution in [0, 0.1) is 0 Å². The maximum absolute atomic E-state index is 12.5. The summed E-state index contributed by atoms with van der Waals surface area (Å²) in [6.07, 6.45) is 3.59. The lowest BCUT2D eigenvalue weighted by Gasteiger charge is -2.35. The smallest absolute Gasteiger partial charge is 0.234 e. The molecule has 1 amide bonds. The first-order valence-electron chi connectivity index (χ1n) is 11.2. The van der Waals surface area contributed by atoms with Crippen molar-refractivity contribution in [2.24, 2.45) is 0 Å². The van der Waals surface area contributed by atoms with E-state index < -0.39 is 0 Å². The van der Waals surface area contributed by atoms with Crippen molar-refractivity contribution in [3.63, 3.8) is 0 Å². The van der Waals surface area contributed by atoms with Crippen LogP contribution in [-0.2, 0) is 11.3 Å². The van der Waals surface area contributed by atoms with Crippen LogP contribution in [0.3, 0.4) is 0 Å². The Morgan fingerprint density at radius 2 is 1.61 bits per heavy atom. The van der Waals surface area contributed by atoms with Crippen LogP contribution in [0.15, 0.2) is 89.7 Å². The molecule has 7 nitrogen and oxygen atoms in total. The maximum atomic E-state index is 12.5. The van der Waals surface area contributed by atoms with Crippen molar-refractivity contribution in [3.05, 3.63) is 90.8 Å². The highest BCUT2D eigenvalue weighted by Crippen LogP contribution is 2.21. The van der Waals surface area contributed by atoms with Gasteiger partial charge >= 0.3 is 0 Å². The molecule has 1 aliphatic heterocycles. The van der Waals surface area contributed by atoms with Gasteiger partial charge in [0.1, 0.15) is 5.69 Å². The highest BCUT2D eigenvalue weighted by atomic mass is 16.3. The maximum Gasteiger partial charge on any atom is 0.234 e. The first-order valence-corrected chi connectivity index (χ1v) is 11.2. The fourth-order valence-corrected chi connectivity index (χ4v) is 4.05. The van der Waals surface area contributed by atoms with Crippen LogP contribution in [0.2, 0.25) is 0 Å². The highest BCUT2D eigenvalue weighted by molar-refractivity contribution is 5.78. The van der Waals surface area contributed by atoms with Crippen LogP contribution in [0.25, 0.3) is 17.1 Å². The quantitative estimate of drug-likeness (QED) is 0.475. The molecule has 4 aromatic rings. The SMILES string of the molecule is O=C(CN1CCN(c2ccccc2)CC1)NCc1coc(-c2ccn(-c3ccccc3)n2)c1. The van der Waals surface area contributed by atoms with Crippen molar-refractivity contribution in [1.29, 1.82) is 0 Å². The molecule has 33 heavy (non-hydrogen) atoms. The van der Waals surface area contributed by atoms with Gasteiger partial charge in [0.05, 0.1) is 18.5 Å². The van der Waals surface area contributed by atoms with Gasteiger partial charge in [-0.1, -0.05) is 36.4 Å². The number of carbonyl (C=O) groups is 1. The van der Waals surface area contributed by atoms with Crippen molar-refractivity contribution >= 4 is 11.6 Å². The van der Waals surface area contributed by atoms with E-state index in [1.807, 2.05) is 59.4 Å². The lowest BCUT2D eigenvalue weighted by atomic mass is 10.2. The highest BCUT2D eigenvalue weighted by Gasteiger charge is 2.19. The Morgan fingerprint density at radius 3 is 2.33 bits per heavy atom. The van der Waals surface area contributed by atoms with Crippen molar-refractivity contribution in [3.8, 4) is 17.1 Å². The number of nitrogens with zero attached hydrogens (tertiary/aromatic N) is 4. The number of rotatable bonds is 7.